The van der Waals surface area contributed by atoms with E-state index in [9.17, 15) is 39.3 Å². The average Bonchev–Trinajstić information content (AvgIpc) is 3.80. The third kappa shape index (κ3) is 8.94. The van der Waals surface area contributed by atoms with Gasteiger partial charge in [-0.05, 0) is 82.2 Å². The molecule has 3 fully saturated rings. The second-order valence-corrected chi connectivity index (χ2v) is 19.2. The highest BCUT2D eigenvalue weighted by molar-refractivity contribution is 5.94. The van der Waals surface area contributed by atoms with Crippen molar-refractivity contribution in [2.45, 2.75) is 128 Å². The summed E-state index contributed by atoms with van der Waals surface area (Å²) in [7, 11) is 0. The molecule has 360 valence electrons. The number of aliphatic hydroxyl groups is 3. The first-order chi connectivity index (χ1) is 31.4. The number of nitrogens with one attached hydrogen (secondary N) is 1. The van der Waals surface area contributed by atoms with Crippen LogP contribution in [0.2, 0.25) is 0 Å². The van der Waals surface area contributed by atoms with Crippen LogP contribution >= 0.6 is 0 Å². The lowest BCUT2D eigenvalue weighted by Gasteiger charge is -2.67. The maximum atomic E-state index is 15.6. The topological polar surface area (TPSA) is 253 Å². The SMILES string of the molecule is CC(=O)O[C@@]12CO[C@@H]1C[C@H](OC(=O)COc1ccccc1)[C@@]1(C)C(=O)[C@H](O)C3=C(C)[C@@H](OC(=O)[C@H](O)[C@@H](NC(=O)OC(C)(C)C)c4ccco4)C[C@@](O)(C(OC(=O)c4ccccc4)C12)C3(C)C. The number of carbonyl (C=O) groups is 6. The molecular formula is C49H57NO17. The van der Waals surface area contributed by atoms with Gasteiger partial charge in [0, 0.05) is 25.2 Å². The van der Waals surface area contributed by atoms with Crippen molar-refractivity contribution in [3.63, 3.8) is 0 Å². The van der Waals surface area contributed by atoms with Crippen molar-refractivity contribution in [3.05, 3.63) is 102 Å². The Morgan fingerprint density at radius 2 is 1.58 bits per heavy atom. The first-order valence-corrected chi connectivity index (χ1v) is 22.0. The lowest BCUT2D eigenvalue weighted by atomic mass is 9.44. The molecule has 1 aromatic heterocycles. The first kappa shape index (κ1) is 48.8. The molecule has 2 saturated carbocycles. The molecule has 4 aliphatic rings. The Balaban J connectivity index is 1.35. The highest BCUT2D eigenvalue weighted by Crippen LogP contribution is 2.64. The number of rotatable bonds is 12. The summed E-state index contributed by atoms with van der Waals surface area (Å²) in [4.78, 5) is 84.1. The van der Waals surface area contributed by atoms with Crippen LogP contribution in [-0.2, 0) is 47.6 Å². The summed E-state index contributed by atoms with van der Waals surface area (Å²) >= 11 is 0. The summed E-state index contributed by atoms with van der Waals surface area (Å²) in [6.07, 6.45) is -10.9. The van der Waals surface area contributed by atoms with Crippen molar-refractivity contribution in [1.29, 1.82) is 0 Å². The van der Waals surface area contributed by atoms with Crippen molar-refractivity contribution in [2.24, 2.45) is 16.7 Å². The number of hydrogen-bond acceptors (Lipinski definition) is 17. The zero-order chi connectivity index (χ0) is 48.9. The van der Waals surface area contributed by atoms with Crippen LogP contribution in [-0.4, -0.2) is 118 Å². The van der Waals surface area contributed by atoms with Crippen LogP contribution in [0.5, 0.6) is 5.75 Å². The number of esters is 4. The molecule has 3 aliphatic carbocycles. The van der Waals surface area contributed by atoms with Crippen LogP contribution in [0.15, 0.2) is 94.6 Å². The fraction of sp³-hybridized carbons (Fsp3) is 0.510. The van der Waals surface area contributed by atoms with Gasteiger partial charge in [0.2, 0.25) is 0 Å². The number of aliphatic hydroxyl groups excluding tert-OH is 2. The Hall–Kier alpha value is -6.08. The molecule has 1 amide bonds. The van der Waals surface area contributed by atoms with Crippen LogP contribution in [0.25, 0.3) is 0 Å². The van der Waals surface area contributed by atoms with Crippen LogP contribution < -0.4 is 10.1 Å². The van der Waals surface area contributed by atoms with Crippen molar-refractivity contribution in [3.8, 4) is 5.75 Å². The summed E-state index contributed by atoms with van der Waals surface area (Å²) < 4.78 is 47.2. The monoisotopic (exact) mass is 931 g/mol. The Kier molecular flexibility index (Phi) is 13.3. The fourth-order valence-corrected chi connectivity index (χ4v) is 10.3. The number of amides is 1. The van der Waals surface area contributed by atoms with Gasteiger partial charge < -0.3 is 58.2 Å². The third-order valence-corrected chi connectivity index (χ3v) is 13.6. The minimum Gasteiger partial charge on any atom is -0.482 e. The number of para-hydroxylation sites is 1. The predicted octanol–water partition coefficient (Wildman–Crippen LogP) is 4.48. The molecule has 0 radical (unpaired) electrons. The van der Waals surface area contributed by atoms with Crippen LogP contribution in [0.3, 0.4) is 0 Å². The van der Waals surface area contributed by atoms with E-state index in [4.69, 9.17) is 37.6 Å². The molecule has 11 atom stereocenters. The molecule has 4 N–H and O–H groups in total. The van der Waals surface area contributed by atoms with Gasteiger partial charge in [-0.1, -0.05) is 50.2 Å². The van der Waals surface area contributed by atoms with Crippen LogP contribution in [0.4, 0.5) is 4.79 Å². The zero-order valence-electron chi connectivity index (χ0n) is 38.5. The van der Waals surface area contributed by atoms with Gasteiger partial charge in [-0.25, -0.2) is 19.2 Å². The van der Waals surface area contributed by atoms with Gasteiger partial charge in [-0.3, -0.25) is 9.59 Å². The molecule has 67 heavy (non-hydrogen) atoms. The second-order valence-electron chi connectivity index (χ2n) is 19.2. The van der Waals surface area contributed by atoms with E-state index < -0.39 is 125 Å². The molecule has 2 aromatic carbocycles. The first-order valence-electron chi connectivity index (χ1n) is 22.0. The Morgan fingerprint density at radius 3 is 2.16 bits per heavy atom. The number of alkyl carbamates (subject to hydrolysis) is 1. The molecule has 18 heteroatoms. The summed E-state index contributed by atoms with van der Waals surface area (Å²) in [6.45, 7) is 10.9. The van der Waals surface area contributed by atoms with E-state index in [2.05, 4.69) is 5.32 Å². The number of fused-ring (bicyclic) bond motifs is 5. The zero-order valence-corrected chi connectivity index (χ0v) is 38.5. The highest BCUT2D eigenvalue weighted by atomic mass is 16.6. The van der Waals surface area contributed by atoms with Crippen molar-refractivity contribution in [2.75, 3.05) is 13.2 Å². The number of benzene rings is 2. The van der Waals surface area contributed by atoms with Gasteiger partial charge in [0.15, 0.2) is 24.1 Å². The third-order valence-electron chi connectivity index (χ3n) is 13.6. The average molecular weight is 932 g/mol. The summed E-state index contributed by atoms with van der Waals surface area (Å²) in [5, 5.41) is 40.3. The van der Waals surface area contributed by atoms with Crippen molar-refractivity contribution >= 4 is 35.8 Å². The fourth-order valence-electron chi connectivity index (χ4n) is 10.3. The van der Waals surface area contributed by atoms with Gasteiger partial charge in [0.25, 0.3) is 0 Å². The second kappa shape index (κ2) is 18.2. The van der Waals surface area contributed by atoms with Gasteiger partial charge >= 0.3 is 30.0 Å². The number of hydrogen-bond donors (Lipinski definition) is 4. The molecule has 2 bridgehead atoms. The maximum absolute atomic E-state index is 15.6. The normalized spacial score (nSPS) is 30.6. The molecule has 7 rings (SSSR count). The lowest BCUT2D eigenvalue weighted by molar-refractivity contribution is -0.346. The molecule has 0 spiro atoms. The van der Waals surface area contributed by atoms with E-state index in [1.54, 1.807) is 69.3 Å². The Bertz CT molecular complexity index is 2390. The van der Waals surface area contributed by atoms with E-state index in [0.717, 1.165) is 6.92 Å². The van der Waals surface area contributed by atoms with E-state index in [0.29, 0.717) is 5.75 Å². The maximum Gasteiger partial charge on any atom is 0.408 e. The van der Waals surface area contributed by atoms with Gasteiger partial charge in [-0.2, -0.15) is 0 Å². The molecule has 1 aliphatic heterocycles. The number of Topliss-reactive ketones (excluding diaryl/α,β-unsaturated/α-hetero) is 1. The van der Waals surface area contributed by atoms with Crippen LogP contribution in [0, 0.1) is 16.7 Å². The van der Waals surface area contributed by atoms with E-state index in [1.165, 1.54) is 58.2 Å². The van der Waals surface area contributed by atoms with Crippen LogP contribution in [0.1, 0.15) is 90.4 Å². The number of carbonyl (C=O) groups excluding carboxylic acids is 6. The molecule has 18 nitrogen and oxygen atoms in total. The number of ketones is 1. The molecular weight excluding hydrogens is 875 g/mol. The minimum atomic E-state index is -2.46. The summed E-state index contributed by atoms with van der Waals surface area (Å²) in [5.74, 6) is -6.31. The summed E-state index contributed by atoms with van der Waals surface area (Å²) in [6, 6.07) is 17.5. The highest BCUT2D eigenvalue weighted by Gasteiger charge is 2.78. The van der Waals surface area contributed by atoms with Gasteiger partial charge in [-0.15, -0.1) is 0 Å². The van der Waals surface area contributed by atoms with Crippen molar-refractivity contribution < 1.29 is 81.7 Å². The van der Waals surface area contributed by atoms with E-state index in [1.807, 2.05) is 0 Å². The van der Waals surface area contributed by atoms with Gasteiger partial charge in [0.1, 0.15) is 59.3 Å². The molecule has 2 unspecified atom stereocenters. The standard InChI is InChI=1S/C49H57NO17/c1-26-31(63-43(57)38(54)36(30-20-15-21-60-30)50-44(58)67-45(3,4)5)23-49(59)41(65-42(56)28-16-11-9-12-17-28)39-47(8,40(55)37(53)35(26)46(49,6)7)32(22-33-48(39,25-62-33)66-27(2)51)64-34(52)24-61-29-18-13-10-14-19-29/h9-21,31-33,36-39,41,53-54,59H,22-25H2,1-8H3,(H,50,58)/t31-,32-,33+,36-,37+,38+,39?,41?,47+,48-,49+/m0/s1. The smallest absolute Gasteiger partial charge is 0.408 e. The Morgan fingerprint density at radius 1 is 0.925 bits per heavy atom. The lowest BCUT2D eigenvalue weighted by Crippen LogP contribution is -2.82. The number of ether oxygens (including phenoxy) is 7. The Labute approximate surface area is 386 Å². The quantitative estimate of drug-likeness (QED) is 0.111. The van der Waals surface area contributed by atoms with E-state index >= 15 is 4.79 Å². The largest absolute Gasteiger partial charge is 0.482 e. The minimum absolute atomic E-state index is 0.0362. The number of furan rings is 1. The molecule has 1 saturated heterocycles. The molecule has 2 heterocycles. The van der Waals surface area contributed by atoms with Gasteiger partial charge in [0.05, 0.1) is 29.8 Å². The predicted molar refractivity (Wildman–Crippen MR) is 232 cm³/mol. The van der Waals surface area contributed by atoms with E-state index in [-0.39, 0.29) is 35.5 Å². The molecule has 3 aromatic rings. The summed E-state index contributed by atoms with van der Waals surface area (Å²) in [5.41, 5.74) is -9.10. The van der Waals surface area contributed by atoms with Crippen molar-refractivity contribution in [1.82, 2.24) is 5.32 Å².